The molecule has 0 atom stereocenters. The van der Waals surface area contributed by atoms with Gasteiger partial charge in [-0.25, -0.2) is 0 Å². The second-order valence-electron chi connectivity index (χ2n) is 6.77. The van der Waals surface area contributed by atoms with Crippen LogP contribution in [-0.4, -0.2) is 0 Å². The maximum atomic E-state index is 2.35. The van der Waals surface area contributed by atoms with Crippen molar-refractivity contribution < 1.29 is 0 Å². The van der Waals surface area contributed by atoms with Gasteiger partial charge in [-0.2, -0.15) is 0 Å². The van der Waals surface area contributed by atoms with Gasteiger partial charge in [0.05, 0.1) is 0 Å². The predicted octanol–water partition coefficient (Wildman–Crippen LogP) is 5.97. The van der Waals surface area contributed by atoms with E-state index in [2.05, 4.69) is 87.5 Å². The first-order valence-corrected chi connectivity index (χ1v) is 7.89. The minimum Gasteiger partial charge on any atom is -0.0622 e. The second-order valence-corrected chi connectivity index (χ2v) is 6.77. The van der Waals surface area contributed by atoms with E-state index in [0.29, 0.717) is 0 Å². The highest BCUT2D eigenvalue weighted by Crippen LogP contribution is 2.52. The summed E-state index contributed by atoms with van der Waals surface area (Å²) in [5, 5.41) is 0. The van der Waals surface area contributed by atoms with Crippen LogP contribution in [0.2, 0.25) is 0 Å². The van der Waals surface area contributed by atoms with Gasteiger partial charge in [0.25, 0.3) is 0 Å². The third kappa shape index (κ3) is 1.77. The Balaban J connectivity index is 2.05. The lowest BCUT2D eigenvalue weighted by atomic mass is 9.79. The lowest BCUT2D eigenvalue weighted by molar-refractivity contribution is 0.662. The fourth-order valence-electron chi connectivity index (χ4n) is 3.87. The standard InChI is InChI=1S/C22H20/c1-15-12-13-20-19(14-15)18-11-7-10-17(21(18)22(20,2)3)16-8-5-4-6-9-16/h4-14H,1-3H3. The Morgan fingerprint density at radius 3 is 2.18 bits per heavy atom. The van der Waals surface area contributed by atoms with Crippen LogP contribution in [0.3, 0.4) is 0 Å². The van der Waals surface area contributed by atoms with Gasteiger partial charge in [0, 0.05) is 5.41 Å². The highest BCUT2D eigenvalue weighted by molar-refractivity contribution is 5.88. The normalized spacial score (nSPS) is 14.5. The zero-order valence-electron chi connectivity index (χ0n) is 13.4. The Bertz CT molecular complexity index is 854. The van der Waals surface area contributed by atoms with Crippen LogP contribution < -0.4 is 0 Å². The van der Waals surface area contributed by atoms with Gasteiger partial charge in [0.1, 0.15) is 0 Å². The summed E-state index contributed by atoms with van der Waals surface area (Å²) in [7, 11) is 0. The Labute approximate surface area is 132 Å². The molecule has 0 saturated heterocycles. The highest BCUT2D eigenvalue weighted by atomic mass is 14.4. The molecule has 0 heterocycles. The predicted molar refractivity (Wildman–Crippen MR) is 94.2 cm³/mol. The number of benzene rings is 3. The fourth-order valence-corrected chi connectivity index (χ4v) is 3.87. The van der Waals surface area contributed by atoms with Crippen molar-refractivity contribution >= 4 is 0 Å². The molecule has 0 bridgehead atoms. The van der Waals surface area contributed by atoms with E-state index in [-0.39, 0.29) is 5.41 Å². The van der Waals surface area contributed by atoms with Gasteiger partial charge in [-0.05, 0) is 40.3 Å². The lowest BCUT2D eigenvalue weighted by Gasteiger charge is -2.24. The molecule has 3 aromatic rings. The smallest absolute Gasteiger partial charge is 0.0165 e. The van der Waals surface area contributed by atoms with E-state index in [9.17, 15) is 0 Å². The summed E-state index contributed by atoms with van der Waals surface area (Å²) >= 11 is 0. The molecular weight excluding hydrogens is 264 g/mol. The Hall–Kier alpha value is -2.34. The molecule has 0 unspecified atom stereocenters. The molecule has 0 radical (unpaired) electrons. The van der Waals surface area contributed by atoms with Crippen LogP contribution in [0.5, 0.6) is 0 Å². The van der Waals surface area contributed by atoms with E-state index in [0.717, 1.165) is 0 Å². The minimum absolute atomic E-state index is 0.0464. The molecule has 1 aliphatic carbocycles. The molecule has 0 nitrogen and oxygen atoms in total. The Morgan fingerprint density at radius 2 is 1.41 bits per heavy atom. The molecule has 22 heavy (non-hydrogen) atoms. The van der Waals surface area contributed by atoms with Gasteiger partial charge >= 0.3 is 0 Å². The average Bonchev–Trinajstić information content (AvgIpc) is 2.76. The second kappa shape index (κ2) is 4.58. The van der Waals surface area contributed by atoms with E-state index < -0.39 is 0 Å². The van der Waals surface area contributed by atoms with Crippen molar-refractivity contribution in [2.75, 3.05) is 0 Å². The summed E-state index contributed by atoms with van der Waals surface area (Å²) in [6.07, 6.45) is 0. The van der Waals surface area contributed by atoms with Crippen LogP contribution in [0.4, 0.5) is 0 Å². The van der Waals surface area contributed by atoms with Gasteiger partial charge in [-0.1, -0.05) is 86.1 Å². The van der Waals surface area contributed by atoms with Crippen LogP contribution in [0.25, 0.3) is 22.3 Å². The van der Waals surface area contributed by atoms with Crippen molar-refractivity contribution in [1.82, 2.24) is 0 Å². The van der Waals surface area contributed by atoms with Crippen molar-refractivity contribution in [2.24, 2.45) is 0 Å². The van der Waals surface area contributed by atoms with Gasteiger partial charge < -0.3 is 0 Å². The third-order valence-electron chi connectivity index (χ3n) is 4.91. The molecule has 0 aliphatic heterocycles. The van der Waals surface area contributed by atoms with E-state index >= 15 is 0 Å². The first-order valence-electron chi connectivity index (χ1n) is 7.89. The summed E-state index contributed by atoms with van der Waals surface area (Å²) < 4.78 is 0. The Morgan fingerprint density at radius 1 is 0.682 bits per heavy atom. The monoisotopic (exact) mass is 284 g/mol. The number of hydrogen-bond acceptors (Lipinski definition) is 0. The summed E-state index contributed by atoms with van der Waals surface area (Å²) in [6.45, 7) is 6.87. The van der Waals surface area contributed by atoms with Gasteiger partial charge in [-0.3, -0.25) is 0 Å². The summed E-state index contributed by atoms with van der Waals surface area (Å²) in [5.41, 5.74) is 9.73. The molecule has 108 valence electrons. The average molecular weight is 284 g/mol. The molecule has 0 aromatic heterocycles. The highest BCUT2D eigenvalue weighted by Gasteiger charge is 2.37. The van der Waals surface area contributed by atoms with Gasteiger partial charge in [-0.15, -0.1) is 0 Å². The topological polar surface area (TPSA) is 0 Å². The fraction of sp³-hybridized carbons (Fsp3) is 0.182. The molecule has 1 aliphatic rings. The van der Waals surface area contributed by atoms with Crippen molar-refractivity contribution in [1.29, 1.82) is 0 Å². The number of rotatable bonds is 1. The molecule has 4 rings (SSSR count). The lowest BCUT2D eigenvalue weighted by Crippen LogP contribution is -2.16. The van der Waals surface area contributed by atoms with E-state index in [1.165, 1.54) is 38.9 Å². The zero-order chi connectivity index (χ0) is 15.3. The molecule has 0 amide bonds. The van der Waals surface area contributed by atoms with Crippen LogP contribution in [0.1, 0.15) is 30.5 Å². The number of aryl methyl sites for hydroxylation is 1. The maximum absolute atomic E-state index is 2.35. The molecule has 3 aromatic carbocycles. The van der Waals surface area contributed by atoms with E-state index in [1.807, 2.05) is 0 Å². The van der Waals surface area contributed by atoms with Crippen molar-refractivity contribution in [3.05, 3.63) is 83.4 Å². The largest absolute Gasteiger partial charge is 0.0622 e. The number of fused-ring (bicyclic) bond motifs is 3. The third-order valence-corrected chi connectivity index (χ3v) is 4.91. The van der Waals surface area contributed by atoms with Crippen LogP contribution >= 0.6 is 0 Å². The Kier molecular flexibility index (Phi) is 2.77. The SMILES string of the molecule is Cc1ccc2c(c1)-c1cccc(-c3ccccc3)c1C2(C)C. The maximum Gasteiger partial charge on any atom is 0.0165 e. The summed E-state index contributed by atoms with van der Waals surface area (Å²) in [6, 6.07) is 24.3. The number of hydrogen-bond donors (Lipinski definition) is 0. The molecule has 0 spiro atoms. The molecule has 0 N–H and O–H groups in total. The van der Waals surface area contributed by atoms with Crippen LogP contribution in [0, 0.1) is 6.92 Å². The van der Waals surface area contributed by atoms with Gasteiger partial charge in [0.2, 0.25) is 0 Å². The van der Waals surface area contributed by atoms with Gasteiger partial charge in [0.15, 0.2) is 0 Å². The van der Waals surface area contributed by atoms with Crippen LogP contribution in [0.15, 0.2) is 66.7 Å². The molecule has 0 heteroatoms. The minimum atomic E-state index is 0.0464. The van der Waals surface area contributed by atoms with Crippen molar-refractivity contribution in [2.45, 2.75) is 26.2 Å². The quantitative estimate of drug-likeness (QED) is 0.516. The summed E-state index contributed by atoms with van der Waals surface area (Å²) in [4.78, 5) is 0. The van der Waals surface area contributed by atoms with Crippen molar-refractivity contribution in [3.8, 4) is 22.3 Å². The zero-order valence-corrected chi connectivity index (χ0v) is 13.4. The summed E-state index contributed by atoms with van der Waals surface area (Å²) in [5.74, 6) is 0. The molecule has 0 fully saturated rings. The molecule has 0 saturated carbocycles. The van der Waals surface area contributed by atoms with E-state index in [4.69, 9.17) is 0 Å². The first kappa shape index (κ1) is 13.3. The van der Waals surface area contributed by atoms with E-state index in [1.54, 1.807) is 0 Å². The first-order chi connectivity index (χ1) is 10.6. The molecular formula is C22H20. The van der Waals surface area contributed by atoms with Crippen molar-refractivity contribution in [3.63, 3.8) is 0 Å². The van der Waals surface area contributed by atoms with Crippen LogP contribution in [-0.2, 0) is 5.41 Å².